The molecule has 0 aliphatic rings. The molecular formula is C15H21F2N. The number of halogens is 2. The summed E-state index contributed by atoms with van der Waals surface area (Å²) in [6.45, 7) is 7.14. The van der Waals surface area contributed by atoms with Gasteiger partial charge in [-0.15, -0.1) is 0 Å². The van der Waals surface area contributed by atoms with Crippen LogP contribution >= 0.6 is 0 Å². The third-order valence-electron chi connectivity index (χ3n) is 2.75. The molecule has 0 aliphatic heterocycles. The number of rotatable bonds is 6. The van der Waals surface area contributed by atoms with Crippen LogP contribution in [-0.2, 0) is 0 Å². The monoisotopic (exact) mass is 253 g/mol. The molecule has 0 spiro atoms. The Kier molecular flexibility index (Phi) is 5.99. The van der Waals surface area contributed by atoms with Gasteiger partial charge in [0.25, 0.3) is 6.43 Å². The van der Waals surface area contributed by atoms with Crippen LogP contribution in [0.3, 0.4) is 0 Å². The lowest BCUT2D eigenvalue weighted by atomic mass is 10.1. The summed E-state index contributed by atoms with van der Waals surface area (Å²) in [5.74, 6) is 0. The van der Waals surface area contributed by atoms with Gasteiger partial charge in [0.2, 0.25) is 0 Å². The number of nitrogens with one attached hydrogen (secondary N) is 1. The molecule has 1 aromatic rings. The molecule has 1 N–H and O–H groups in total. The van der Waals surface area contributed by atoms with Crippen molar-refractivity contribution in [3.63, 3.8) is 0 Å². The molecule has 0 atom stereocenters. The van der Waals surface area contributed by atoms with Gasteiger partial charge in [-0.1, -0.05) is 56.7 Å². The first-order valence-electron chi connectivity index (χ1n) is 6.33. The van der Waals surface area contributed by atoms with Crippen LogP contribution in [0.25, 0.3) is 6.08 Å². The minimum atomic E-state index is -2.39. The Bertz CT molecular complexity index is 380. The van der Waals surface area contributed by atoms with Crippen LogP contribution in [0.5, 0.6) is 0 Å². The van der Waals surface area contributed by atoms with Crippen molar-refractivity contribution < 1.29 is 8.78 Å². The molecule has 0 radical (unpaired) electrons. The van der Waals surface area contributed by atoms with Gasteiger partial charge in [-0.05, 0) is 12.0 Å². The van der Waals surface area contributed by atoms with Gasteiger partial charge in [0, 0.05) is 18.2 Å². The quantitative estimate of drug-likeness (QED) is 0.791. The van der Waals surface area contributed by atoms with Gasteiger partial charge in [-0.2, -0.15) is 0 Å². The zero-order chi connectivity index (χ0) is 13.5. The van der Waals surface area contributed by atoms with Gasteiger partial charge in [0.1, 0.15) is 0 Å². The molecule has 0 saturated carbocycles. The summed E-state index contributed by atoms with van der Waals surface area (Å²) in [5, 5.41) is 3.36. The summed E-state index contributed by atoms with van der Waals surface area (Å²) < 4.78 is 24.8. The van der Waals surface area contributed by atoms with E-state index in [0.29, 0.717) is 6.04 Å². The van der Waals surface area contributed by atoms with E-state index in [-0.39, 0.29) is 5.56 Å². The normalized spacial score (nSPS) is 12.5. The number of hydrogen-bond donors (Lipinski definition) is 1. The van der Waals surface area contributed by atoms with Gasteiger partial charge < -0.3 is 5.32 Å². The van der Waals surface area contributed by atoms with Gasteiger partial charge >= 0.3 is 0 Å². The van der Waals surface area contributed by atoms with Gasteiger partial charge in [-0.25, -0.2) is 8.78 Å². The summed E-state index contributed by atoms with van der Waals surface area (Å²) in [6, 6.07) is 6.90. The van der Waals surface area contributed by atoms with Crippen molar-refractivity contribution in [2.45, 2.75) is 39.7 Å². The molecule has 0 aliphatic carbocycles. The Hall–Kier alpha value is -1.22. The maximum absolute atomic E-state index is 12.4. The second-order valence-corrected chi connectivity index (χ2v) is 4.66. The van der Waals surface area contributed by atoms with Crippen LogP contribution in [-0.4, -0.2) is 12.6 Å². The third-order valence-corrected chi connectivity index (χ3v) is 2.75. The lowest BCUT2D eigenvalue weighted by Crippen LogP contribution is -2.24. The molecule has 1 aromatic carbocycles. The van der Waals surface area contributed by atoms with Crippen molar-refractivity contribution >= 4 is 6.08 Å². The van der Waals surface area contributed by atoms with E-state index in [9.17, 15) is 8.78 Å². The smallest absolute Gasteiger partial charge is 0.263 e. The molecule has 0 heterocycles. The van der Waals surface area contributed by atoms with Crippen molar-refractivity contribution in [1.29, 1.82) is 0 Å². The van der Waals surface area contributed by atoms with Crippen molar-refractivity contribution in [3.8, 4) is 0 Å². The predicted molar refractivity (Wildman–Crippen MR) is 72.8 cm³/mol. The van der Waals surface area contributed by atoms with Crippen LogP contribution < -0.4 is 5.32 Å². The largest absolute Gasteiger partial charge is 0.311 e. The molecule has 0 fully saturated rings. The van der Waals surface area contributed by atoms with E-state index in [4.69, 9.17) is 0 Å². The number of benzene rings is 1. The fraction of sp³-hybridized carbons (Fsp3) is 0.467. The highest BCUT2D eigenvalue weighted by molar-refractivity contribution is 5.53. The molecule has 0 unspecified atom stereocenters. The lowest BCUT2D eigenvalue weighted by Gasteiger charge is -2.10. The minimum absolute atomic E-state index is 0.0745. The first-order chi connectivity index (χ1) is 8.52. The molecule has 0 aromatic heterocycles. The third kappa shape index (κ3) is 4.96. The van der Waals surface area contributed by atoms with Crippen LogP contribution in [0, 0.1) is 0 Å². The van der Waals surface area contributed by atoms with Crippen LogP contribution in [0.4, 0.5) is 8.78 Å². The fourth-order valence-corrected chi connectivity index (χ4v) is 1.59. The Morgan fingerprint density at radius 2 is 1.83 bits per heavy atom. The molecule has 0 saturated heterocycles. The van der Waals surface area contributed by atoms with Gasteiger partial charge in [-0.3, -0.25) is 0 Å². The summed E-state index contributed by atoms with van der Waals surface area (Å²) >= 11 is 0. The van der Waals surface area contributed by atoms with Crippen LogP contribution in [0.2, 0.25) is 0 Å². The Morgan fingerprint density at radius 1 is 1.22 bits per heavy atom. The first-order valence-corrected chi connectivity index (χ1v) is 6.33. The average Bonchev–Trinajstić information content (AvgIpc) is 2.34. The maximum Gasteiger partial charge on any atom is 0.263 e. The van der Waals surface area contributed by atoms with Gasteiger partial charge in [0.15, 0.2) is 0 Å². The van der Waals surface area contributed by atoms with Crippen molar-refractivity contribution in [2.24, 2.45) is 0 Å². The Morgan fingerprint density at radius 3 is 2.28 bits per heavy atom. The summed E-state index contributed by atoms with van der Waals surface area (Å²) in [6.07, 6.45) is 0.622. The SMILES string of the molecule is CC/C(=C/c1ccc(C(F)F)cc1)CNC(C)C. The summed E-state index contributed by atoms with van der Waals surface area (Å²) in [5.41, 5.74) is 2.32. The van der Waals surface area contributed by atoms with E-state index >= 15 is 0 Å². The van der Waals surface area contributed by atoms with E-state index in [0.717, 1.165) is 18.5 Å². The first kappa shape index (κ1) is 14.8. The second-order valence-electron chi connectivity index (χ2n) is 4.66. The summed E-state index contributed by atoms with van der Waals surface area (Å²) in [4.78, 5) is 0. The van der Waals surface area contributed by atoms with Gasteiger partial charge in [0.05, 0.1) is 0 Å². The predicted octanol–water partition coefficient (Wildman–Crippen LogP) is 4.42. The van der Waals surface area contributed by atoms with Crippen molar-refractivity contribution in [3.05, 3.63) is 41.0 Å². The van der Waals surface area contributed by atoms with E-state index in [1.54, 1.807) is 12.1 Å². The molecule has 0 bridgehead atoms. The maximum atomic E-state index is 12.4. The van der Waals surface area contributed by atoms with Crippen LogP contribution in [0.15, 0.2) is 29.8 Å². The highest BCUT2D eigenvalue weighted by Gasteiger charge is 2.05. The second kappa shape index (κ2) is 7.27. The molecule has 0 amide bonds. The molecule has 1 rings (SSSR count). The zero-order valence-corrected chi connectivity index (χ0v) is 11.2. The molecular weight excluding hydrogens is 232 g/mol. The molecule has 3 heteroatoms. The standard InChI is InChI=1S/C15H21F2N/c1-4-12(10-18-11(2)3)9-13-5-7-14(8-6-13)15(16)17/h5-9,11,15,18H,4,10H2,1-3H3/b12-9-. The number of hydrogen-bond acceptors (Lipinski definition) is 1. The molecule has 18 heavy (non-hydrogen) atoms. The van der Waals surface area contributed by atoms with E-state index < -0.39 is 6.43 Å². The minimum Gasteiger partial charge on any atom is -0.311 e. The highest BCUT2D eigenvalue weighted by atomic mass is 19.3. The fourth-order valence-electron chi connectivity index (χ4n) is 1.59. The summed E-state index contributed by atoms with van der Waals surface area (Å²) in [7, 11) is 0. The topological polar surface area (TPSA) is 12.0 Å². The Labute approximate surface area is 108 Å². The highest BCUT2D eigenvalue weighted by Crippen LogP contribution is 2.19. The van der Waals surface area contributed by atoms with E-state index in [1.165, 1.54) is 17.7 Å². The Balaban J connectivity index is 2.72. The van der Waals surface area contributed by atoms with Crippen molar-refractivity contribution in [1.82, 2.24) is 5.32 Å². The van der Waals surface area contributed by atoms with Crippen molar-refractivity contribution in [2.75, 3.05) is 6.54 Å². The lowest BCUT2D eigenvalue weighted by molar-refractivity contribution is 0.151. The van der Waals surface area contributed by atoms with Crippen LogP contribution in [0.1, 0.15) is 44.7 Å². The molecule has 1 nitrogen and oxygen atoms in total. The molecule has 100 valence electrons. The van der Waals surface area contributed by atoms with E-state index in [2.05, 4.69) is 32.2 Å². The number of alkyl halides is 2. The average molecular weight is 253 g/mol. The van der Waals surface area contributed by atoms with E-state index in [1.807, 2.05) is 0 Å². The zero-order valence-electron chi connectivity index (χ0n) is 11.2.